The molecule has 0 saturated carbocycles. The summed E-state index contributed by atoms with van der Waals surface area (Å²) in [6.07, 6.45) is 5.08. The fourth-order valence-corrected chi connectivity index (χ4v) is 2.84. The number of hydrogen-bond acceptors (Lipinski definition) is 4. The van der Waals surface area contributed by atoms with Crippen molar-refractivity contribution in [3.63, 3.8) is 0 Å². The average Bonchev–Trinajstić information content (AvgIpc) is 2.84. The highest BCUT2D eigenvalue weighted by atomic mass is 127. The highest BCUT2D eigenvalue weighted by Crippen LogP contribution is 2.36. The van der Waals surface area contributed by atoms with Crippen LogP contribution in [0.5, 0.6) is 0 Å². The molecule has 3 aromatic rings. The lowest BCUT2D eigenvalue weighted by Gasteiger charge is -2.22. The monoisotopic (exact) mass is 472 g/mol. The second kappa shape index (κ2) is 8.72. The van der Waals surface area contributed by atoms with E-state index in [2.05, 4.69) is 37.9 Å². The van der Waals surface area contributed by atoms with Gasteiger partial charge in [0.15, 0.2) is 5.82 Å². The number of amides is 2. The molecule has 0 atom stereocenters. The number of halogens is 1. The molecule has 0 radical (unpaired) electrons. The molecule has 0 spiro atoms. The predicted octanol–water partition coefficient (Wildman–Crippen LogP) is 4.00. The smallest absolute Gasteiger partial charge is 0.257 e. The summed E-state index contributed by atoms with van der Waals surface area (Å²) in [6, 6.07) is 14.1. The summed E-state index contributed by atoms with van der Waals surface area (Å²) in [6.45, 7) is 0. The van der Waals surface area contributed by atoms with Crippen LogP contribution in [0.4, 0.5) is 17.2 Å². The summed E-state index contributed by atoms with van der Waals surface area (Å²) in [4.78, 5) is 37.4. The largest absolute Gasteiger partial charge is 0.319 e. The van der Waals surface area contributed by atoms with E-state index in [1.807, 2.05) is 4.93 Å². The quantitative estimate of drug-likeness (QED) is 0.452. The van der Waals surface area contributed by atoms with E-state index in [0.717, 1.165) is 5.56 Å². The first-order valence-electron chi connectivity index (χ1n) is 8.19. The third-order valence-electron chi connectivity index (χ3n) is 3.99. The van der Waals surface area contributed by atoms with Crippen molar-refractivity contribution in [3.05, 3.63) is 78.2 Å². The number of hydrogen-bond donors (Lipinski definition) is 1. The van der Waals surface area contributed by atoms with Crippen LogP contribution in [0, 0.1) is 0 Å². The Balaban J connectivity index is 0.00000102. The van der Waals surface area contributed by atoms with Crippen LogP contribution in [0.3, 0.4) is 0 Å². The van der Waals surface area contributed by atoms with Crippen LogP contribution in [-0.2, 0) is 11.2 Å². The molecule has 2 aromatic heterocycles. The van der Waals surface area contributed by atoms with Crippen molar-refractivity contribution < 1.29 is 9.59 Å². The summed E-state index contributed by atoms with van der Waals surface area (Å²) in [5, 5.41) is 2.82. The fourth-order valence-electron chi connectivity index (χ4n) is 2.84. The second-order valence-corrected chi connectivity index (χ2v) is 5.61. The van der Waals surface area contributed by atoms with Gasteiger partial charge in [-0.05, 0) is 46.9 Å². The van der Waals surface area contributed by atoms with E-state index in [1.165, 1.54) is 4.90 Å². The Morgan fingerprint density at radius 1 is 1.04 bits per heavy atom. The van der Waals surface area contributed by atoms with Crippen molar-refractivity contribution in [2.75, 3.05) is 15.1 Å². The lowest BCUT2D eigenvalue weighted by Crippen LogP contribution is -2.28. The molecule has 6 nitrogen and oxygen atoms in total. The average molecular weight is 472 g/mol. The van der Waals surface area contributed by atoms with Gasteiger partial charge in [-0.25, -0.2) is 4.98 Å². The summed E-state index contributed by atoms with van der Waals surface area (Å²) in [5.74, 6) is -0.0148. The Kier molecular flexibility index (Phi) is 6.12. The van der Waals surface area contributed by atoms with Crippen LogP contribution in [0.1, 0.15) is 15.9 Å². The molecule has 0 saturated heterocycles. The molecule has 1 aliphatic heterocycles. The van der Waals surface area contributed by atoms with E-state index in [1.54, 1.807) is 67.1 Å². The molecule has 1 aromatic carbocycles. The number of fused-ring (bicyclic) bond motifs is 2. The van der Waals surface area contributed by atoms with Gasteiger partial charge in [-0.3, -0.25) is 19.5 Å². The number of nitrogens with zero attached hydrogens (tertiary/aromatic N) is 3. The van der Waals surface area contributed by atoms with E-state index in [0.29, 0.717) is 22.8 Å². The molecule has 136 valence electrons. The van der Waals surface area contributed by atoms with Crippen LogP contribution >= 0.6 is 22.6 Å². The van der Waals surface area contributed by atoms with Crippen LogP contribution in [-0.4, -0.2) is 26.7 Å². The van der Waals surface area contributed by atoms with Gasteiger partial charge in [0.2, 0.25) is 5.91 Å². The number of carbonyl (C=O) groups excluding carboxylic acids is 2. The maximum absolute atomic E-state index is 13.1. The number of para-hydroxylation sites is 1. The van der Waals surface area contributed by atoms with E-state index < -0.39 is 0 Å². The Morgan fingerprint density at radius 2 is 1.78 bits per heavy atom. The summed E-state index contributed by atoms with van der Waals surface area (Å²) < 4.78 is 0. The van der Waals surface area contributed by atoms with Crippen molar-refractivity contribution in [2.24, 2.45) is 0 Å². The normalized spacial score (nSPS) is 11.9. The standard InChI is InChI=1S/C19H14N4O2.CH3I/c24-17(12-13-7-10-20-11-8-13)23-16-6-2-1-4-14(16)19(25)22-15-5-3-9-21-18(15)23;1-2/h1-11H,12H2,(H,22,25);1H3. The number of pyridine rings is 2. The molecular weight excluding hydrogens is 455 g/mol. The molecule has 1 aliphatic rings. The van der Waals surface area contributed by atoms with Crippen molar-refractivity contribution >= 4 is 51.6 Å². The third-order valence-corrected chi connectivity index (χ3v) is 3.99. The van der Waals surface area contributed by atoms with Gasteiger partial charge in [0, 0.05) is 18.6 Å². The van der Waals surface area contributed by atoms with E-state index in [-0.39, 0.29) is 18.2 Å². The zero-order valence-electron chi connectivity index (χ0n) is 14.6. The van der Waals surface area contributed by atoms with Gasteiger partial charge in [0.25, 0.3) is 5.91 Å². The Morgan fingerprint density at radius 3 is 2.56 bits per heavy atom. The van der Waals surface area contributed by atoms with Crippen molar-refractivity contribution in [3.8, 4) is 0 Å². The second-order valence-electron chi connectivity index (χ2n) is 5.61. The maximum atomic E-state index is 13.1. The third kappa shape index (κ3) is 3.97. The highest BCUT2D eigenvalue weighted by Gasteiger charge is 2.29. The molecule has 4 rings (SSSR count). The lowest BCUT2D eigenvalue weighted by atomic mass is 10.1. The maximum Gasteiger partial charge on any atom is 0.257 e. The number of alkyl halides is 1. The molecular formula is C20H17IN4O2. The predicted molar refractivity (Wildman–Crippen MR) is 114 cm³/mol. The zero-order chi connectivity index (χ0) is 19.2. The molecule has 27 heavy (non-hydrogen) atoms. The van der Waals surface area contributed by atoms with Gasteiger partial charge < -0.3 is 5.32 Å². The SMILES string of the molecule is CI.O=C1Nc2cccnc2N(C(=O)Cc2ccncc2)c2ccccc21. The first-order chi connectivity index (χ1) is 13.2. The number of anilines is 3. The van der Waals surface area contributed by atoms with Crippen molar-refractivity contribution in [2.45, 2.75) is 6.42 Å². The molecule has 1 N–H and O–H groups in total. The molecule has 7 heteroatoms. The van der Waals surface area contributed by atoms with Gasteiger partial charge >= 0.3 is 0 Å². The first kappa shape index (κ1) is 19.0. The van der Waals surface area contributed by atoms with Gasteiger partial charge in [0.1, 0.15) is 0 Å². The number of rotatable bonds is 2. The zero-order valence-corrected chi connectivity index (χ0v) is 16.8. The summed E-state index contributed by atoms with van der Waals surface area (Å²) in [5.41, 5.74) is 2.31. The van der Waals surface area contributed by atoms with Gasteiger partial charge in [-0.1, -0.05) is 34.7 Å². The summed E-state index contributed by atoms with van der Waals surface area (Å²) in [7, 11) is 0. The van der Waals surface area contributed by atoms with Crippen molar-refractivity contribution in [1.82, 2.24) is 9.97 Å². The van der Waals surface area contributed by atoms with Crippen LogP contribution < -0.4 is 10.2 Å². The minimum absolute atomic E-state index is 0.171. The first-order valence-corrected chi connectivity index (χ1v) is 10.3. The lowest BCUT2D eigenvalue weighted by molar-refractivity contribution is -0.117. The Bertz CT molecular complexity index is 963. The summed E-state index contributed by atoms with van der Waals surface area (Å²) >= 11 is 2.15. The molecule has 0 fully saturated rings. The minimum Gasteiger partial charge on any atom is -0.319 e. The van der Waals surface area contributed by atoms with Crippen molar-refractivity contribution in [1.29, 1.82) is 0 Å². The Labute approximate surface area is 170 Å². The van der Waals surface area contributed by atoms with Gasteiger partial charge in [-0.2, -0.15) is 0 Å². The molecule has 2 amide bonds. The van der Waals surface area contributed by atoms with E-state index in [4.69, 9.17) is 0 Å². The molecule has 0 aliphatic carbocycles. The number of benzene rings is 1. The van der Waals surface area contributed by atoms with Crippen LogP contribution in [0.25, 0.3) is 0 Å². The molecule has 0 unspecified atom stereocenters. The Hall–Kier alpha value is -2.81. The van der Waals surface area contributed by atoms with Crippen LogP contribution in [0.2, 0.25) is 0 Å². The number of carbonyl (C=O) groups is 2. The number of aromatic nitrogens is 2. The molecule has 0 bridgehead atoms. The molecule has 3 heterocycles. The van der Waals surface area contributed by atoms with Crippen LogP contribution in [0.15, 0.2) is 67.1 Å². The topological polar surface area (TPSA) is 75.2 Å². The highest BCUT2D eigenvalue weighted by molar-refractivity contribution is 14.1. The van der Waals surface area contributed by atoms with Gasteiger partial charge in [0.05, 0.1) is 23.4 Å². The number of nitrogens with one attached hydrogen (secondary N) is 1. The van der Waals surface area contributed by atoms with Gasteiger partial charge in [-0.15, -0.1) is 0 Å². The van der Waals surface area contributed by atoms with E-state index >= 15 is 0 Å². The minimum atomic E-state index is -0.260. The van der Waals surface area contributed by atoms with E-state index in [9.17, 15) is 9.59 Å². The fraction of sp³-hybridized carbons (Fsp3) is 0.100.